The van der Waals surface area contributed by atoms with Gasteiger partial charge in [-0.1, -0.05) is 6.08 Å². The van der Waals surface area contributed by atoms with Crippen LogP contribution in [0.2, 0.25) is 0 Å². The summed E-state index contributed by atoms with van der Waals surface area (Å²) in [6, 6.07) is 7.26. The Kier molecular flexibility index (Phi) is 8.62. The zero-order valence-electron chi connectivity index (χ0n) is 13.7. The Bertz CT molecular complexity index is 607. The van der Waals surface area contributed by atoms with Crippen molar-refractivity contribution in [3.8, 4) is 0 Å². The molecule has 1 atom stereocenters. The predicted octanol–water partition coefficient (Wildman–Crippen LogP) is 2.66. The Labute approximate surface area is 159 Å². The summed E-state index contributed by atoms with van der Waals surface area (Å²) in [6.07, 6.45) is 5.68. The minimum absolute atomic E-state index is 0. The van der Waals surface area contributed by atoms with Crippen molar-refractivity contribution in [1.29, 1.82) is 0 Å². The van der Waals surface area contributed by atoms with Crippen molar-refractivity contribution in [2.24, 2.45) is 4.99 Å². The van der Waals surface area contributed by atoms with Crippen LogP contribution in [0.1, 0.15) is 18.4 Å². The highest BCUT2D eigenvalue weighted by Crippen LogP contribution is 2.20. The van der Waals surface area contributed by atoms with Crippen LogP contribution in [0.15, 0.2) is 63.3 Å². The highest BCUT2D eigenvalue weighted by atomic mass is 127. The lowest BCUT2D eigenvalue weighted by Crippen LogP contribution is -2.39. The highest BCUT2D eigenvalue weighted by Gasteiger charge is 2.26. The van der Waals surface area contributed by atoms with Gasteiger partial charge < -0.3 is 24.6 Å². The van der Waals surface area contributed by atoms with E-state index >= 15 is 0 Å². The fourth-order valence-electron chi connectivity index (χ4n) is 2.00. The van der Waals surface area contributed by atoms with Crippen molar-refractivity contribution in [2.45, 2.75) is 18.9 Å². The molecule has 0 spiro atoms. The van der Waals surface area contributed by atoms with E-state index in [9.17, 15) is 5.11 Å². The topological polar surface area (TPSA) is 82.9 Å². The van der Waals surface area contributed by atoms with E-state index in [4.69, 9.17) is 8.83 Å². The van der Waals surface area contributed by atoms with Crippen LogP contribution in [0.25, 0.3) is 0 Å². The zero-order valence-corrected chi connectivity index (χ0v) is 16.0. The van der Waals surface area contributed by atoms with Gasteiger partial charge in [-0.25, -0.2) is 4.99 Å². The molecule has 1 unspecified atom stereocenters. The van der Waals surface area contributed by atoms with Gasteiger partial charge in [-0.15, -0.1) is 30.6 Å². The van der Waals surface area contributed by atoms with Crippen LogP contribution in [-0.4, -0.2) is 30.7 Å². The van der Waals surface area contributed by atoms with E-state index in [2.05, 4.69) is 22.2 Å². The molecule has 3 N–H and O–H groups in total. The number of aliphatic imine (C=N–C) groups is 1. The fourth-order valence-corrected chi connectivity index (χ4v) is 2.00. The summed E-state index contributed by atoms with van der Waals surface area (Å²) in [4.78, 5) is 4.41. The second-order valence-electron chi connectivity index (χ2n) is 5.34. The number of hydrogen-bond acceptors (Lipinski definition) is 4. The summed E-state index contributed by atoms with van der Waals surface area (Å²) >= 11 is 0. The summed E-state index contributed by atoms with van der Waals surface area (Å²) in [5, 5.41) is 16.7. The monoisotopic (exact) mass is 445 g/mol. The first-order valence-corrected chi connectivity index (χ1v) is 7.53. The quantitative estimate of drug-likeness (QED) is 0.252. The first-order valence-electron chi connectivity index (χ1n) is 7.53. The summed E-state index contributed by atoms with van der Waals surface area (Å²) in [5.74, 6) is 1.99. The average Bonchev–Trinajstić information content (AvgIpc) is 3.22. The molecule has 2 rings (SSSR count). The second-order valence-corrected chi connectivity index (χ2v) is 5.34. The fraction of sp³-hybridized carbons (Fsp3) is 0.353. The molecule has 0 saturated carbocycles. The van der Waals surface area contributed by atoms with Crippen LogP contribution in [0.4, 0.5) is 0 Å². The lowest BCUT2D eigenvalue weighted by atomic mass is 10.0. The van der Waals surface area contributed by atoms with E-state index in [0.29, 0.717) is 24.8 Å². The maximum absolute atomic E-state index is 10.4. The van der Waals surface area contributed by atoms with Gasteiger partial charge in [-0.2, -0.15) is 0 Å². The van der Waals surface area contributed by atoms with Gasteiger partial charge in [0.2, 0.25) is 0 Å². The predicted molar refractivity (Wildman–Crippen MR) is 105 cm³/mol. The van der Waals surface area contributed by atoms with E-state index in [1.165, 1.54) is 6.26 Å². The van der Waals surface area contributed by atoms with Crippen LogP contribution in [0, 0.1) is 0 Å². The van der Waals surface area contributed by atoms with E-state index in [0.717, 1.165) is 12.2 Å². The molecule has 0 bridgehead atoms. The molecule has 7 heteroatoms. The van der Waals surface area contributed by atoms with Crippen molar-refractivity contribution < 1.29 is 13.9 Å². The third-order valence-electron chi connectivity index (χ3n) is 3.25. The number of nitrogens with one attached hydrogen (secondary N) is 2. The van der Waals surface area contributed by atoms with Gasteiger partial charge in [0.1, 0.15) is 17.1 Å². The maximum Gasteiger partial charge on any atom is 0.191 e. The molecule has 0 aromatic carbocycles. The Morgan fingerprint density at radius 3 is 2.67 bits per heavy atom. The number of halogens is 1. The molecule has 0 radical (unpaired) electrons. The summed E-state index contributed by atoms with van der Waals surface area (Å²) in [6.45, 7) is 6.77. The van der Waals surface area contributed by atoms with Gasteiger partial charge in [-0.3, -0.25) is 0 Å². The maximum atomic E-state index is 10.4. The van der Waals surface area contributed by atoms with Crippen LogP contribution < -0.4 is 10.6 Å². The van der Waals surface area contributed by atoms with E-state index in [-0.39, 0.29) is 30.5 Å². The van der Waals surface area contributed by atoms with Crippen molar-refractivity contribution in [2.75, 3.05) is 19.6 Å². The Balaban J connectivity index is 0.00000288. The van der Waals surface area contributed by atoms with E-state index in [1.807, 2.05) is 12.1 Å². The van der Waals surface area contributed by atoms with Gasteiger partial charge in [0.15, 0.2) is 5.96 Å². The highest BCUT2D eigenvalue weighted by molar-refractivity contribution is 14.0. The summed E-state index contributed by atoms with van der Waals surface area (Å²) in [7, 11) is 0. The largest absolute Gasteiger partial charge is 0.469 e. The van der Waals surface area contributed by atoms with Crippen LogP contribution >= 0.6 is 24.0 Å². The molecule has 0 aliphatic rings. The van der Waals surface area contributed by atoms with E-state index < -0.39 is 5.60 Å². The minimum atomic E-state index is -1.16. The van der Waals surface area contributed by atoms with Gasteiger partial charge in [0.25, 0.3) is 0 Å². The van der Waals surface area contributed by atoms with Crippen molar-refractivity contribution in [3.05, 3.63) is 61.0 Å². The third kappa shape index (κ3) is 6.40. The Hall–Kier alpha value is -1.74. The van der Waals surface area contributed by atoms with Gasteiger partial charge >= 0.3 is 0 Å². The molecule has 0 amide bonds. The van der Waals surface area contributed by atoms with Crippen LogP contribution in [-0.2, 0) is 12.0 Å². The third-order valence-corrected chi connectivity index (χ3v) is 3.25. The lowest BCUT2D eigenvalue weighted by Gasteiger charge is -2.19. The zero-order chi connectivity index (χ0) is 16.5. The molecule has 0 aliphatic carbocycles. The normalized spacial score (nSPS) is 13.7. The van der Waals surface area contributed by atoms with E-state index in [1.54, 1.807) is 31.4 Å². The van der Waals surface area contributed by atoms with Gasteiger partial charge in [0, 0.05) is 19.5 Å². The first-order chi connectivity index (χ1) is 11.1. The number of aliphatic hydroxyl groups is 1. The van der Waals surface area contributed by atoms with Crippen molar-refractivity contribution >= 4 is 29.9 Å². The number of hydrogen-bond donors (Lipinski definition) is 3. The molecule has 2 aromatic rings. The molecule has 0 fully saturated rings. The number of guanidine groups is 1. The lowest BCUT2D eigenvalue weighted by molar-refractivity contribution is 0.0437. The number of furan rings is 2. The van der Waals surface area contributed by atoms with Gasteiger partial charge in [-0.05, 0) is 31.2 Å². The molecule has 0 saturated heterocycles. The van der Waals surface area contributed by atoms with Crippen LogP contribution in [0.3, 0.4) is 0 Å². The molecule has 24 heavy (non-hydrogen) atoms. The summed E-state index contributed by atoms with van der Waals surface area (Å²) < 4.78 is 10.5. The molecular weight excluding hydrogens is 421 g/mol. The molecule has 0 aliphatic heterocycles. The average molecular weight is 445 g/mol. The molecule has 2 aromatic heterocycles. The SMILES string of the molecule is C=CCNC(=NCC(C)(O)c1ccco1)NCCc1ccco1.I. The number of nitrogens with zero attached hydrogens (tertiary/aromatic N) is 1. The Morgan fingerprint density at radius 1 is 1.29 bits per heavy atom. The molecule has 6 nitrogen and oxygen atoms in total. The summed E-state index contributed by atoms with van der Waals surface area (Å²) in [5.41, 5.74) is -1.16. The smallest absolute Gasteiger partial charge is 0.191 e. The standard InChI is InChI=1S/C17H23N3O3.HI/c1-3-9-18-16(19-10-8-14-6-4-11-22-14)20-13-17(2,21)15-7-5-12-23-15;/h3-7,11-12,21H,1,8-10,13H2,2H3,(H2,18,19,20);1H. The van der Waals surface area contributed by atoms with Crippen molar-refractivity contribution in [1.82, 2.24) is 10.6 Å². The van der Waals surface area contributed by atoms with Crippen molar-refractivity contribution in [3.63, 3.8) is 0 Å². The van der Waals surface area contributed by atoms with Crippen LogP contribution in [0.5, 0.6) is 0 Å². The molecule has 2 heterocycles. The minimum Gasteiger partial charge on any atom is -0.469 e. The Morgan fingerprint density at radius 2 is 2.04 bits per heavy atom. The first kappa shape index (κ1) is 20.3. The number of rotatable bonds is 8. The second kappa shape index (κ2) is 10.2. The van der Waals surface area contributed by atoms with Gasteiger partial charge in [0.05, 0.1) is 19.1 Å². The molecule has 132 valence electrons. The molecular formula is C17H24IN3O3.